The standard InChI is InChI=1S/C8H18N2O2/c1-12-8(11)6-7(10)4-2-3-5-9/h7H,2-6,9-10H2,1H3. The molecule has 0 aromatic rings. The number of hydrogen-bond acceptors (Lipinski definition) is 4. The van der Waals surface area contributed by atoms with Gasteiger partial charge in [-0.25, -0.2) is 0 Å². The first-order chi connectivity index (χ1) is 5.70. The van der Waals surface area contributed by atoms with Crippen LogP contribution in [-0.2, 0) is 9.53 Å². The van der Waals surface area contributed by atoms with Crippen LogP contribution in [0.4, 0.5) is 0 Å². The fourth-order valence-corrected chi connectivity index (χ4v) is 0.950. The van der Waals surface area contributed by atoms with Crippen LogP contribution in [-0.4, -0.2) is 25.7 Å². The number of methoxy groups -OCH3 is 1. The summed E-state index contributed by atoms with van der Waals surface area (Å²) >= 11 is 0. The lowest BCUT2D eigenvalue weighted by Crippen LogP contribution is -2.24. The van der Waals surface area contributed by atoms with E-state index < -0.39 is 0 Å². The monoisotopic (exact) mass is 174 g/mol. The van der Waals surface area contributed by atoms with Crippen molar-refractivity contribution in [2.45, 2.75) is 31.7 Å². The second-order valence-electron chi connectivity index (χ2n) is 2.82. The third kappa shape index (κ3) is 6.12. The third-order valence-corrected chi connectivity index (χ3v) is 1.69. The summed E-state index contributed by atoms with van der Waals surface area (Å²) in [5, 5.41) is 0. The zero-order valence-corrected chi connectivity index (χ0v) is 7.58. The molecule has 0 aliphatic carbocycles. The molecule has 4 N–H and O–H groups in total. The Labute approximate surface area is 73.2 Å². The van der Waals surface area contributed by atoms with Crippen molar-refractivity contribution >= 4 is 5.97 Å². The Hall–Kier alpha value is -0.610. The molecular formula is C8H18N2O2. The van der Waals surface area contributed by atoms with E-state index in [1.807, 2.05) is 0 Å². The summed E-state index contributed by atoms with van der Waals surface area (Å²) in [5.74, 6) is -0.241. The zero-order chi connectivity index (χ0) is 9.40. The number of carbonyl (C=O) groups is 1. The summed E-state index contributed by atoms with van der Waals surface area (Å²) in [6, 6.07) is -0.0796. The number of ether oxygens (including phenoxy) is 1. The molecule has 0 amide bonds. The largest absolute Gasteiger partial charge is 0.469 e. The highest BCUT2D eigenvalue weighted by Gasteiger charge is 2.08. The molecule has 1 atom stereocenters. The molecule has 1 unspecified atom stereocenters. The smallest absolute Gasteiger partial charge is 0.307 e. The SMILES string of the molecule is COC(=O)CC(N)CCCCN. The minimum absolute atomic E-state index is 0.0796. The van der Waals surface area contributed by atoms with Crippen molar-refractivity contribution in [2.24, 2.45) is 11.5 Å². The second-order valence-corrected chi connectivity index (χ2v) is 2.82. The van der Waals surface area contributed by atoms with Crippen molar-refractivity contribution in [2.75, 3.05) is 13.7 Å². The molecule has 4 heteroatoms. The number of nitrogens with two attached hydrogens (primary N) is 2. The van der Waals surface area contributed by atoms with Crippen LogP contribution in [0, 0.1) is 0 Å². The van der Waals surface area contributed by atoms with Crippen LogP contribution in [0.3, 0.4) is 0 Å². The Morgan fingerprint density at radius 1 is 1.50 bits per heavy atom. The molecule has 12 heavy (non-hydrogen) atoms. The Balaban J connectivity index is 3.32. The molecule has 0 saturated carbocycles. The highest BCUT2D eigenvalue weighted by atomic mass is 16.5. The van der Waals surface area contributed by atoms with Crippen molar-refractivity contribution in [3.63, 3.8) is 0 Å². The van der Waals surface area contributed by atoms with Gasteiger partial charge in [-0.2, -0.15) is 0 Å². The predicted octanol–water partition coefficient (Wildman–Crippen LogP) is 0.00580. The summed E-state index contributed by atoms with van der Waals surface area (Å²) < 4.78 is 4.48. The average Bonchev–Trinajstić information content (AvgIpc) is 2.05. The van der Waals surface area contributed by atoms with Crippen molar-refractivity contribution < 1.29 is 9.53 Å². The van der Waals surface area contributed by atoms with E-state index in [9.17, 15) is 4.79 Å². The van der Waals surface area contributed by atoms with Crippen LogP contribution < -0.4 is 11.5 Å². The second kappa shape index (κ2) is 7.06. The van der Waals surface area contributed by atoms with Crippen molar-refractivity contribution in [3.8, 4) is 0 Å². The van der Waals surface area contributed by atoms with Crippen molar-refractivity contribution in [3.05, 3.63) is 0 Å². The fourth-order valence-electron chi connectivity index (χ4n) is 0.950. The molecule has 0 heterocycles. The average molecular weight is 174 g/mol. The van der Waals surface area contributed by atoms with E-state index in [0.29, 0.717) is 13.0 Å². The maximum Gasteiger partial charge on any atom is 0.307 e. The first kappa shape index (κ1) is 11.4. The number of esters is 1. The van der Waals surface area contributed by atoms with E-state index in [2.05, 4.69) is 4.74 Å². The highest BCUT2D eigenvalue weighted by Crippen LogP contribution is 2.02. The first-order valence-electron chi connectivity index (χ1n) is 4.23. The molecule has 0 aliphatic heterocycles. The molecule has 0 spiro atoms. The molecule has 0 aromatic carbocycles. The molecule has 0 bridgehead atoms. The van der Waals surface area contributed by atoms with Crippen LogP contribution >= 0.6 is 0 Å². The van der Waals surface area contributed by atoms with E-state index in [1.165, 1.54) is 7.11 Å². The molecule has 0 radical (unpaired) electrons. The molecule has 0 saturated heterocycles. The van der Waals surface area contributed by atoms with E-state index in [4.69, 9.17) is 11.5 Å². The Bertz CT molecular complexity index is 128. The van der Waals surface area contributed by atoms with Gasteiger partial charge in [0.15, 0.2) is 0 Å². The summed E-state index contributed by atoms with van der Waals surface area (Å²) in [5.41, 5.74) is 11.0. The van der Waals surface area contributed by atoms with Gasteiger partial charge in [0.2, 0.25) is 0 Å². The van der Waals surface area contributed by atoms with Crippen LogP contribution in [0.5, 0.6) is 0 Å². The van der Waals surface area contributed by atoms with Gasteiger partial charge in [-0.15, -0.1) is 0 Å². The molecule has 0 aromatic heterocycles. The number of rotatable bonds is 6. The normalized spacial score (nSPS) is 12.6. The lowest BCUT2D eigenvalue weighted by Gasteiger charge is -2.08. The fraction of sp³-hybridized carbons (Fsp3) is 0.875. The maximum absolute atomic E-state index is 10.7. The minimum atomic E-state index is -0.241. The molecule has 4 nitrogen and oxygen atoms in total. The topological polar surface area (TPSA) is 78.3 Å². The maximum atomic E-state index is 10.7. The summed E-state index contributed by atoms with van der Waals surface area (Å²) in [6.45, 7) is 0.685. The quantitative estimate of drug-likeness (QED) is 0.439. The van der Waals surface area contributed by atoms with Gasteiger partial charge in [-0.05, 0) is 19.4 Å². The van der Waals surface area contributed by atoms with Gasteiger partial charge in [-0.3, -0.25) is 4.79 Å². The zero-order valence-electron chi connectivity index (χ0n) is 7.58. The van der Waals surface area contributed by atoms with Gasteiger partial charge < -0.3 is 16.2 Å². The van der Waals surface area contributed by atoms with Gasteiger partial charge in [0, 0.05) is 6.04 Å². The van der Waals surface area contributed by atoms with E-state index in [-0.39, 0.29) is 12.0 Å². The Kier molecular flexibility index (Phi) is 6.70. The highest BCUT2D eigenvalue weighted by molar-refractivity contribution is 5.69. The number of hydrogen-bond donors (Lipinski definition) is 2. The van der Waals surface area contributed by atoms with Gasteiger partial charge in [0.1, 0.15) is 0 Å². The lowest BCUT2D eigenvalue weighted by atomic mass is 10.1. The number of carbonyl (C=O) groups excluding carboxylic acids is 1. The van der Waals surface area contributed by atoms with Gasteiger partial charge in [0.25, 0.3) is 0 Å². The number of unbranched alkanes of at least 4 members (excludes halogenated alkanes) is 1. The van der Waals surface area contributed by atoms with Gasteiger partial charge >= 0.3 is 5.97 Å². The molecule has 0 aliphatic rings. The van der Waals surface area contributed by atoms with E-state index >= 15 is 0 Å². The molecule has 0 rings (SSSR count). The Morgan fingerprint density at radius 2 is 2.17 bits per heavy atom. The van der Waals surface area contributed by atoms with Crippen LogP contribution in [0.2, 0.25) is 0 Å². The molecule has 0 fully saturated rings. The first-order valence-corrected chi connectivity index (χ1v) is 4.23. The lowest BCUT2D eigenvalue weighted by molar-refractivity contribution is -0.141. The summed E-state index contributed by atoms with van der Waals surface area (Å²) in [4.78, 5) is 10.7. The van der Waals surface area contributed by atoms with Crippen molar-refractivity contribution in [1.29, 1.82) is 0 Å². The Morgan fingerprint density at radius 3 is 2.67 bits per heavy atom. The van der Waals surface area contributed by atoms with E-state index in [1.54, 1.807) is 0 Å². The van der Waals surface area contributed by atoms with Crippen molar-refractivity contribution in [1.82, 2.24) is 0 Å². The van der Waals surface area contributed by atoms with Gasteiger partial charge in [-0.1, -0.05) is 6.42 Å². The van der Waals surface area contributed by atoms with Crippen LogP contribution in [0.25, 0.3) is 0 Å². The van der Waals surface area contributed by atoms with Crippen LogP contribution in [0.1, 0.15) is 25.7 Å². The third-order valence-electron chi connectivity index (χ3n) is 1.69. The van der Waals surface area contributed by atoms with Crippen LogP contribution in [0.15, 0.2) is 0 Å². The predicted molar refractivity (Wildman–Crippen MR) is 47.5 cm³/mol. The molecular weight excluding hydrogens is 156 g/mol. The summed E-state index contributed by atoms with van der Waals surface area (Å²) in [7, 11) is 1.37. The minimum Gasteiger partial charge on any atom is -0.469 e. The van der Waals surface area contributed by atoms with E-state index in [0.717, 1.165) is 19.3 Å². The van der Waals surface area contributed by atoms with Gasteiger partial charge in [0.05, 0.1) is 13.5 Å². The summed E-state index contributed by atoms with van der Waals surface area (Å²) in [6.07, 6.45) is 3.09. The molecule has 72 valence electrons.